The molecular weight excluding hydrogens is 407 g/mol. The van der Waals surface area contributed by atoms with Crippen LogP contribution in [0.15, 0.2) is 48.5 Å². The highest BCUT2D eigenvalue weighted by atomic mass is 35.5. The third kappa shape index (κ3) is 6.22. The third-order valence-corrected chi connectivity index (χ3v) is 5.87. The second-order valence-corrected chi connectivity index (χ2v) is 8.49. The monoisotopic (exact) mass is 432 g/mol. The van der Waals surface area contributed by atoms with E-state index in [9.17, 15) is 9.59 Å². The van der Waals surface area contributed by atoms with Crippen molar-refractivity contribution in [3.8, 4) is 0 Å². The predicted molar refractivity (Wildman–Crippen MR) is 117 cm³/mol. The minimum Gasteiger partial charge on any atom is -0.352 e. The molecule has 0 aromatic heterocycles. The molecule has 3 rings (SSSR count). The van der Waals surface area contributed by atoms with Crippen molar-refractivity contribution < 1.29 is 9.59 Å². The molecule has 0 aliphatic heterocycles. The highest BCUT2D eigenvalue weighted by molar-refractivity contribution is 6.30. The summed E-state index contributed by atoms with van der Waals surface area (Å²) < 4.78 is 0. The molecule has 1 N–H and O–H groups in total. The molecule has 6 heteroatoms. The Balaban J connectivity index is 1.76. The number of halogens is 2. The average molecular weight is 433 g/mol. The van der Waals surface area contributed by atoms with Crippen molar-refractivity contribution in [3.63, 3.8) is 0 Å². The van der Waals surface area contributed by atoms with Crippen molar-refractivity contribution >= 4 is 35.0 Å². The van der Waals surface area contributed by atoms with Crippen molar-refractivity contribution in [1.82, 2.24) is 10.2 Å². The van der Waals surface area contributed by atoms with E-state index in [0.29, 0.717) is 16.6 Å². The molecule has 4 nitrogen and oxygen atoms in total. The van der Waals surface area contributed by atoms with Crippen LogP contribution in [0.4, 0.5) is 0 Å². The maximum absolute atomic E-state index is 13.2. The van der Waals surface area contributed by atoms with Gasteiger partial charge in [-0.2, -0.15) is 0 Å². The first-order valence-electron chi connectivity index (χ1n) is 10.0. The fourth-order valence-electron chi connectivity index (χ4n) is 3.68. The molecule has 0 bridgehead atoms. The smallest absolute Gasteiger partial charge is 0.242 e. The minimum atomic E-state index is -0.571. The standard InChI is InChI=1S/C23H26Cl2N2O2/c1-16(23(29)26-21-7-2-3-8-21)27(15-17-9-11-19(24)12-10-17)22(28)14-18-5-4-6-20(25)13-18/h4-6,9-13,16,21H,2-3,7-8,14-15H2,1H3,(H,26,29)/t16-/m0/s1. The average Bonchev–Trinajstić information content (AvgIpc) is 3.20. The van der Waals surface area contributed by atoms with Crippen LogP contribution in [0, 0.1) is 0 Å². The summed E-state index contributed by atoms with van der Waals surface area (Å²) >= 11 is 12.0. The molecule has 0 heterocycles. The van der Waals surface area contributed by atoms with Gasteiger partial charge in [-0.15, -0.1) is 0 Å². The maximum Gasteiger partial charge on any atom is 0.242 e. The Morgan fingerprint density at radius 3 is 2.38 bits per heavy atom. The van der Waals surface area contributed by atoms with Gasteiger partial charge in [-0.3, -0.25) is 9.59 Å². The molecule has 0 spiro atoms. The summed E-state index contributed by atoms with van der Waals surface area (Å²) in [6.07, 6.45) is 4.48. The van der Waals surface area contributed by atoms with Crippen LogP contribution >= 0.6 is 23.2 Å². The topological polar surface area (TPSA) is 49.4 Å². The van der Waals surface area contributed by atoms with Gasteiger partial charge in [-0.05, 0) is 55.2 Å². The summed E-state index contributed by atoms with van der Waals surface area (Å²) in [5.41, 5.74) is 1.75. The van der Waals surface area contributed by atoms with Crippen LogP contribution in [0.2, 0.25) is 10.0 Å². The van der Waals surface area contributed by atoms with Crippen LogP contribution < -0.4 is 5.32 Å². The number of nitrogens with one attached hydrogen (secondary N) is 1. The van der Waals surface area contributed by atoms with E-state index in [0.717, 1.165) is 36.8 Å². The van der Waals surface area contributed by atoms with Gasteiger partial charge in [0.1, 0.15) is 6.04 Å². The molecule has 1 aliphatic rings. The van der Waals surface area contributed by atoms with Crippen molar-refractivity contribution in [2.24, 2.45) is 0 Å². The van der Waals surface area contributed by atoms with Crippen LogP contribution in [-0.4, -0.2) is 28.8 Å². The molecule has 1 atom stereocenters. The first kappa shape index (κ1) is 21.7. The van der Waals surface area contributed by atoms with Crippen molar-refractivity contribution in [2.75, 3.05) is 0 Å². The minimum absolute atomic E-state index is 0.106. The number of hydrogen-bond donors (Lipinski definition) is 1. The summed E-state index contributed by atoms with van der Waals surface area (Å²) in [7, 11) is 0. The van der Waals surface area contributed by atoms with Gasteiger partial charge in [-0.25, -0.2) is 0 Å². The zero-order valence-electron chi connectivity index (χ0n) is 16.5. The molecule has 0 saturated heterocycles. The number of benzene rings is 2. The molecule has 1 fully saturated rings. The molecule has 154 valence electrons. The van der Waals surface area contributed by atoms with Crippen molar-refractivity contribution in [2.45, 2.75) is 57.7 Å². The van der Waals surface area contributed by atoms with Crippen LogP contribution in [0.5, 0.6) is 0 Å². The van der Waals surface area contributed by atoms with E-state index in [1.807, 2.05) is 24.3 Å². The molecule has 2 amide bonds. The molecule has 0 radical (unpaired) electrons. The second kappa shape index (κ2) is 10.1. The highest BCUT2D eigenvalue weighted by Gasteiger charge is 2.28. The van der Waals surface area contributed by atoms with Gasteiger partial charge in [0.05, 0.1) is 6.42 Å². The van der Waals surface area contributed by atoms with Gasteiger partial charge in [0.2, 0.25) is 11.8 Å². The predicted octanol–water partition coefficient (Wildman–Crippen LogP) is 5.01. The van der Waals surface area contributed by atoms with Crippen molar-refractivity contribution in [1.29, 1.82) is 0 Å². The summed E-state index contributed by atoms with van der Waals surface area (Å²) in [6, 6.07) is 14.2. The summed E-state index contributed by atoms with van der Waals surface area (Å²) in [4.78, 5) is 27.6. The summed E-state index contributed by atoms with van der Waals surface area (Å²) in [5.74, 6) is -0.221. The zero-order chi connectivity index (χ0) is 20.8. The van der Waals surface area contributed by atoms with Gasteiger partial charge < -0.3 is 10.2 Å². The number of hydrogen-bond acceptors (Lipinski definition) is 2. The second-order valence-electron chi connectivity index (χ2n) is 7.62. The maximum atomic E-state index is 13.2. The van der Waals surface area contributed by atoms with Crippen LogP contribution in [0.3, 0.4) is 0 Å². The molecule has 1 aliphatic carbocycles. The Morgan fingerprint density at radius 1 is 1.03 bits per heavy atom. The molecular formula is C23H26Cl2N2O2. The van der Waals surface area contributed by atoms with Gasteiger partial charge in [0, 0.05) is 22.6 Å². The van der Waals surface area contributed by atoms with E-state index in [2.05, 4.69) is 5.32 Å². The van der Waals surface area contributed by atoms with E-state index in [-0.39, 0.29) is 24.3 Å². The van der Waals surface area contributed by atoms with Gasteiger partial charge in [0.15, 0.2) is 0 Å². The van der Waals surface area contributed by atoms with Gasteiger partial charge in [0.25, 0.3) is 0 Å². The molecule has 2 aromatic carbocycles. The first-order chi connectivity index (χ1) is 13.9. The Bertz CT molecular complexity index is 848. The molecule has 0 unspecified atom stereocenters. The van der Waals surface area contributed by atoms with Crippen LogP contribution in [0.1, 0.15) is 43.7 Å². The normalized spacial score (nSPS) is 15.1. The number of rotatable bonds is 7. The molecule has 2 aromatic rings. The first-order valence-corrected chi connectivity index (χ1v) is 10.8. The number of carbonyl (C=O) groups excluding carboxylic acids is 2. The molecule has 1 saturated carbocycles. The Kier molecular flexibility index (Phi) is 7.57. The number of amides is 2. The lowest BCUT2D eigenvalue weighted by Crippen LogP contribution is -2.50. The Hall–Kier alpha value is -2.04. The number of carbonyl (C=O) groups is 2. The SMILES string of the molecule is C[C@@H](C(=O)NC1CCCC1)N(Cc1ccc(Cl)cc1)C(=O)Cc1cccc(Cl)c1. The molecule has 29 heavy (non-hydrogen) atoms. The highest BCUT2D eigenvalue weighted by Crippen LogP contribution is 2.20. The van der Waals surface area contributed by atoms with E-state index in [1.165, 1.54) is 0 Å². The quantitative estimate of drug-likeness (QED) is 0.667. The Labute approximate surface area is 182 Å². The lowest BCUT2D eigenvalue weighted by atomic mass is 10.1. The van der Waals surface area contributed by atoms with Crippen LogP contribution in [0.25, 0.3) is 0 Å². The fourth-order valence-corrected chi connectivity index (χ4v) is 4.02. The van der Waals surface area contributed by atoms with Gasteiger partial charge >= 0.3 is 0 Å². The van der Waals surface area contributed by atoms with Crippen molar-refractivity contribution in [3.05, 3.63) is 69.7 Å². The Morgan fingerprint density at radius 2 is 1.72 bits per heavy atom. The van der Waals surface area contributed by atoms with E-state index >= 15 is 0 Å². The van der Waals surface area contributed by atoms with E-state index < -0.39 is 6.04 Å². The third-order valence-electron chi connectivity index (χ3n) is 5.38. The summed E-state index contributed by atoms with van der Waals surface area (Å²) in [6.45, 7) is 2.13. The largest absolute Gasteiger partial charge is 0.352 e. The number of nitrogens with zero attached hydrogens (tertiary/aromatic N) is 1. The zero-order valence-corrected chi connectivity index (χ0v) is 18.0. The van der Waals surface area contributed by atoms with Gasteiger partial charge in [-0.1, -0.05) is 60.3 Å². The summed E-state index contributed by atoms with van der Waals surface area (Å²) in [5, 5.41) is 4.33. The van der Waals surface area contributed by atoms with Crippen LogP contribution in [-0.2, 0) is 22.6 Å². The fraction of sp³-hybridized carbons (Fsp3) is 0.391. The van der Waals surface area contributed by atoms with E-state index in [1.54, 1.807) is 36.1 Å². The lowest BCUT2D eigenvalue weighted by molar-refractivity contribution is -0.140. The van der Waals surface area contributed by atoms with E-state index in [4.69, 9.17) is 23.2 Å². The lowest BCUT2D eigenvalue weighted by Gasteiger charge is -2.30.